The van der Waals surface area contributed by atoms with Crippen molar-refractivity contribution in [3.8, 4) is 11.5 Å². The quantitative estimate of drug-likeness (QED) is 0.333. The van der Waals surface area contributed by atoms with Crippen molar-refractivity contribution in [1.29, 1.82) is 0 Å². The highest BCUT2D eigenvalue weighted by atomic mass is 35.5. The van der Waals surface area contributed by atoms with Crippen molar-refractivity contribution in [3.63, 3.8) is 0 Å². The monoisotopic (exact) mass is 469 g/mol. The fourth-order valence-corrected chi connectivity index (χ4v) is 3.84. The summed E-state index contributed by atoms with van der Waals surface area (Å²) < 4.78 is 51.3. The second-order valence-electron chi connectivity index (χ2n) is 7.57. The lowest BCUT2D eigenvalue weighted by Crippen LogP contribution is -2.55. The second-order valence-corrected chi connectivity index (χ2v) is 7.98. The van der Waals surface area contributed by atoms with Crippen LogP contribution in [0.1, 0.15) is 27.3 Å². The lowest BCUT2D eigenvalue weighted by atomic mass is 10.0. The first-order chi connectivity index (χ1) is 16.6. The van der Waals surface area contributed by atoms with Crippen molar-refractivity contribution in [1.82, 2.24) is 10.2 Å². The van der Waals surface area contributed by atoms with Gasteiger partial charge in [-0.25, -0.2) is 4.39 Å². The van der Waals surface area contributed by atoms with Gasteiger partial charge in [-0.2, -0.15) is 0 Å². The number of nitrogen functional groups attached to an aromatic ring is 1. The van der Waals surface area contributed by atoms with Crippen LogP contribution < -0.4 is 20.5 Å². The van der Waals surface area contributed by atoms with E-state index in [1.54, 1.807) is 19.2 Å². The molecular weight excluding hydrogens is 438 g/mol. The van der Waals surface area contributed by atoms with E-state index >= 15 is 0 Å². The molecule has 32 heavy (non-hydrogen) atoms. The molecule has 3 rings (SSSR count). The van der Waals surface area contributed by atoms with Crippen LogP contribution in [0.2, 0.25) is 5.02 Å². The molecule has 2 aromatic rings. The molecule has 2 atom stereocenters. The lowest BCUT2D eigenvalue weighted by Gasteiger charge is -2.38. The SMILES string of the molecule is [2H][13C]([2H])([2H])Oc1cc(N)c(Cl)cc1C(=O)N[C@@H]1CCN(CCCOc2ccc(F)cc2)C[C@@H]1OC. The lowest BCUT2D eigenvalue weighted by molar-refractivity contribution is 0.00527. The van der Waals surface area contributed by atoms with E-state index in [0.29, 0.717) is 25.3 Å². The number of benzene rings is 2. The Morgan fingerprint density at radius 2 is 2.16 bits per heavy atom. The van der Waals surface area contributed by atoms with Crippen LogP contribution in [-0.4, -0.2) is 63.3 Å². The number of likely N-dealkylation sites (tertiary alicyclic amines) is 1. The smallest absolute Gasteiger partial charge is 0.255 e. The molecule has 1 heterocycles. The van der Waals surface area contributed by atoms with E-state index in [1.165, 1.54) is 24.3 Å². The number of hydrogen-bond donors (Lipinski definition) is 2. The molecule has 1 amide bonds. The number of rotatable bonds is 9. The molecule has 1 aliphatic heterocycles. The standard InChI is InChI=1S/C23H29ClFN3O4/c1-30-21-13-19(26)18(24)12-17(21)23(29)27-20-8-10-28(14-22(20)31-2)9-3-11-32-16-6-4-15(25)5-7-16/h4-7,12-13,20,22H,3,8-11,14,26H2,1-2H3,(H,27,29)/t20-,22+/m1/s1/i1+1D3. The molecule has 1 fully saturated rings. The summed E-state index contributed by atoms with van der Waals surface area (Å²) in [6.07, 6.45) is 1.12. The number of carbonyl (C=O) groups excluding carboxylic acids is 1. The number of piperidine rings is 1. The average Bonchev–Trinajstić information content (AvgIpc) is 2.79. The molecule has 7 nitrogen and oxygen atoms in total. The molecule has 1 saturated heterocycles. The maximum absolute atomic E-state index is 13.0. The van der Waals surface area contributed by atoms with Gasteiger partial charge in [0.2, 0.25) is 0 Å². The number of hydrogen-bond acceptors (Lipinski definition) is 6. The van der Waals surface area contributed by atoms with Crippen molar-refractivity contribution in [2.75, 3.05) is 46.1 Å². The summed E-state index contributed by atoms with van der Waals surface area (Å²) in [7, 11) is -1.18. The van der Waals surface area contributed by atoms with Crippen LogP contribution in [0, 0.1) is 5.82 Å². The number of ether oxygens (including phenoxy) is 3. The van der Waals surface area contributed by atoms with Gasteiger partial charge in [0.15, 0.2) is 0 Å². The topological polar surface area (TPSA) is 86.0 Å². The highest BCUT2D eigenvalue weighted by molar-refractivity contribution is 6.33. The molecule has 0 aliphatic carbocycles. The third-order valence-corrected chi connectivity index (χ3v) is 5.74. The van der Waals surface area contributed by atoms with Gasteiger partial charge in [0.05, 0.1) is 46.2 Å². The molecule has 0 radical (unpaired) electrons. The van der Waals surface area contributed by atoms with Crippen LogP contribution in [0.4, 0.5) is 10.1 Å². The largest absolute Gasteiger partial charge is 0.496 e. The second kappa shape index (κ2) is 11.4. The Morgan fingerprint density at radius 3 is 2.88 bits per heavy atom. The normalized spacial score (nSPS) is 20.7. The molecule has 0 spiro atoms. The molecule has 3 N–H and O–H groups in total. The predicted molar refractivity (Wildman–Crippen MR) is 122 cm³/mol. The third kappa shape index (κ3) is 6.25. The minimum absolute atomic E-state index is 0.0180. The van der Waals surface area contributed by atoms with Crippen molar-refractivity contribution < 1.29 is 27.5 Å². The van der Waals surface area contributed by atoms with Gasteiger partial charge in [0.25, 0.3) is 5.91 Å². The van der Waals surface area contributed by atoms with Crippen molar-refractivity contribution in [3.05, 3.63) is 52.8 Å². The summed E-state index contributed by atoms with van der Waals surface area (Å²) in [5.74, 6) is -0.387. The number of nitrogens with one attached hydrogen (secondary N) is 1. The van der Waals surface area contributed by atoms with E-state index in [4.69, 9.17) is 35.7 Å². The number of halogens is 2. The average molecular weight is 470 g/mol. The summed E-state index contributed by atoms with van der Waals surface area (Å²) in [5.41, 5.74) is 5.85. The zero-order valence-corrected chi connectivity index (χ0v) is 18.5. The summed E-state index contributed by atoms with van der Waals surface area (Å²) in [6.45, 7) is 2.58. The van der Waals surface area contributed by atoms with Crippen LogP contribution in [0.3, 0.4) is 0 Å². The van der Waals surface area contributed by atoms with E-state index in [2.05, 4.69) is 10.2 Å². The van der Waals surface area contributed by atoms with Crippen LogP contribution >= 0.6 is 11.6 Å². The number of anilines is 1. The number of nitrogens with zero attached hydrogens (tertiary/aromatic N) is 1. The Balaban J connectivity index is 1.54. The van der Waals surface area contributed by atoms with Crippen LogP contribution in [0.25, 0.3) is 0 Å². The van der Waals surface area contributed by atoms with Crippen LogP contribution in [-0.2, 0) is 4.74 Å². The zero-order valence-electron chi connectivity index (χ0n) is 20.8. The number of methoxy groups -OCH3 is 2. The van der Waals surface area contributed by atoms with E-state index in [1.807, 2.05) is 0 Å². The van der Waals surface area contributed by atoms with E-state index in [0.717, 1.165) is 19.5 Å². The molecule has 0 aromatic heterocycles. The predicted octanol–water partition coefficient (Wildman–Crippen LogP) is 3.36. The Morgan fingerprint density at radius 1 is 1.38 bits per heavy atom. The first kappa shape index (κ1) is 20.1. The highest BCUT2D eigenvalue weighted by Gasteiger charge is 2.31. The minimum Gasteiger partial charge on any atom is -0.496 e. The maximum Gasteiger partial charge on any atom is 0.255 e. The maximum atomic E-state index is 13.0. The molecule has 0 unspecified atom stereocenters. The van der Waals surface area contributed by atoms with Crippen molar-refractivity contribution in [2.45, 2.75) is 25.0 Å². The van der Waals surface area contributed by atoms with Gasteiger partial charge in [0, 0.05) is 32.8 Å². The minimum atomic E-state index is -2.75. The summed E-state index contributed by atoms with van der Waals surface area (Å²) in [5, 5.41) is 3.03. The molecule has 9 heteroatoms. The van der Waals surface area contributed by atoms with Gasteiger partial charge in [-0.05, 0) is 43.2 Å². The van der Waals surface area contributed by atoms with Crippen LogP contribution in [0.15, 0.2) is 36.4 Å². The van der Waals surface area contributed by atoms with Crippen molar-refractivity contribution in [2.24, 2.45) is 0 Å². The Hall–Kier alpha value is -2.55. The van der Waals surface area contributed by atoms with E-state index in [9.17, 15) is 9.18 Å². The fourth-order valence-electron chi connectivity index (χ4n) is 3.67. The Kier molecular flexibility index (Phi) is 7.13. The highest BCUT2D eigenvalue weighted by Crippen LogP contribution is 2.29. The van der Waals surface area contributed by atoms with Gasteiger partial charge < -0.3 is 30.2 Å². The molecule has 0 bridgehead atoms. The zero-order chi connectivity index (χ0) is 25.6. The van der Waals surface area contributed by atoms with Crippen LogP contribution in [0.5, 0.6) is 11.5 Å². The number of amides is 1. The molecule has 1 aliphatic rings. The molecule has 0 saturated carbocycles. The summed E-state index contributed by atoms with van der Waals surface area (Å²) in [6, 6.07) is 8.12. The van der Waals surface area contributed by atoms with E-state index in [-0.39, 0.29) is 40.0 Å². The number of nitrogens with two attached hydrogens (primary N) is 1. The molecule has 2 aromatic carbocycles. The third-order valence-electron chi connectivity index (χ3n) is 5.42. The van der Waals surface area contributed by atoms with Gasteiger partial charge in [-0.1, -0.05) is 11.6 Å². The molecule has 174 valence electrons. The Bertz CT molecular complexity index is 1010. The summed E-state index contributed by atoms with van der Waals surface area (Å²) >= 11 is 6.07. The van der Waals surface area contributed by atoms with Gasteiger partial charge in [-0.3, -0.25) is 4.79 Å². The van der Waals surface area contributed by atoms with E-state index < -0.39 is 12.9 Å². The van der Waals surface area contributed by atoms with Gasteiger partial charge in [-0.15, -0.1) is 0 Å². The Labute approximate surface area is 196 Å². The summed E-state index contributed by atoms with van der Waals surface area (Å²) in [4.78, 5) is 15.2. The van der Waals surface area contributed by atoms with Gasteiger partial charge in [0.1, 0.15) is 17.3 Å². The number of carbonyl (C=O) groups is 1. The molecular formula is C23H29ClFN3O4. The van der Waals surface area contributed by atoms with Gasteiger partial charge >= 0.3 is 0 Å². The first-order valence-corrected chi connectivity index (χ1v) is 10.7. The first-order valence-electron chi connectivity index (χ1n) is 11.8. The fraction of sp³-hybridized carbons (Fsp3) is 0.435. The van der Waals surface area contributed by atoms with Crippen molar-refractivity contribution >= 4 is 23.2 Å².